The number of para-hydroxylation sites is 4. The fraction of sp³-hybridized carbons (Fsp3) is 0. The number of fused-ring (bicyclic) bond motifs is 4. The monoisotopic (exact) mass is 590 g/mol. The van der Waals surface area contributed by atoms with Gasteiger partial charge in [0.2, 0.25) is 5.89 Å². The van der Waals surface area contributed by atoms with Crippen molar-refractivity contribution in [1.29, 1.82) is 0 Å². The molecule has 0 saturated heterocycles. The lowest BCUT2D eigenvalue weighted by atomic mass is 10.0. The Bertz CT molecular complexity index is 2500. The van der Waals surface area contributed by atoms with Crippen LogP contribution in [0.5, 0.6) is 0 Å². The topological polar surface area (TPSA) is 56.7 Å². The Morgan fingerprint density at radius 2 is 1.11 bits per heavy atom. The maximum atomic E-state index is 6.07. The maximum Gasteiger partial charge on any atom is 0.227 e. The number of nitrogens with zero attached hydrogens (tertiary/aromatic N) is 4. The van der Waals surface area contributed by atoms with Crippen LogP contribution in [0.25, 0.3) is 83.9 Å². The van der Waals surface area contributed by atoms with Gasteiger partial charge in [-0.3, -0.25) is 0 Å². The normalized spacial score (nSPS) is 11.5. The van der Waals surface area contributed by atoms with E-state index in [0.29, 0.717) is 11.7 Å². The van der Waals surface area contributed by atoms with Gasteiger partial charge >= 0.3 is 0 Å². The highest BCUT2D eigenvalue weighted by atomic mass is 16.3. The second-order valence-electron chi connectivity index (χ2n) is 11.3. The van der Waals surface area contributed by atoms with Crippen LogP contribution in [0.2, 0.25) is 0 Å². The maximum absolute atomic E-state index is 6.07. The summed E-state index contributed by atoms with van der Waals surface area (Å²) in [6.45, 7) is 0. The van der Waals surface area contributed by atoms with Crippen LogP contribution in [-0.2, 0) is 0 Å². The molecule has 9 aromatic rings. The fourth-order valence-corrected chi connectivity index (χ4v) is 6.28. The van der Waals surface area contributed by atoms with Gasteiger partial charge in [-0.15, -0.1) is 0 Å². The third-order valence-electron chi connectivity index (χ3n) is 8.43. The predicted molar refractivity (Wildman–Crippen MR) is 186 cm³/mol. The standard InChI is InChI=1S/C41H26N4O/c1-3-13-27(14-4-1)37-39-38(33-21-7-9-23-35(33)45(39)32-19-5-2-6-20-32)44-40(43-37)30-17-11-15-28(25-30)29-16-12-18-31(26-29)41-42-34-22-8-10-24-36(34)46-41/h1-26H. The van der Waals surface area contributed by atoms with Gasteiger partial charge in [0, 0.05) is 27.8 Å². The van der Waals surface area contributed by atoms with E-state index >= 15 is 0 Å². The fourth-order valence-electron chi connectivity index (χ4n) is 6.28. The van der Waals surface area contributed by atoms with E-state index in [-0.39, 0.29) is 0 Å². The summed E-state index contributed by atoms with van der Waals surface area (Å²) < 4.78 is 8.35. The van der Waals surface area contributed by atoms with Crippen LogP contribution in [0.3, 0.4) is 0 Å². The molecule has 0 aliphatic heterocycles. The van der Waals surface area contributed by atoms with Crippen LogP contribution in [0.15, 0.2) is 162 Å². The van der Waals surface area contributed by atoms with Gasteiger partial charge in [-0.25, -0.2) is 15.0 Å². The molecule has 9 rings (SSSR count). The van der Waals surface area contributed by atoms with Crippen LogP contribution in [0, 0.1) is 0 Å². The van der Waals surface area contributed by atoms with Crippen LogP contribution in [-0.4, -0.2) is 19.5 Å². The van der Waals surface area contributed by atoms with E-state index in [1.165, 1.54) is 0 Å². The average molecular weight is 591 g/mol. The van der Waals surface area contributed by atoms with Crippen molar-refractivity contribution in [3.63, 3.8) is 0 Å². The molecule has 0 saturated carbocycles. The summed E-state index contributed by atoms with van der Waals surface area (Å²) >= 11 is 0. The van der Waals surface area contributed by atoms with E-state index in [4.69, 9.17) is 19.4 Å². The molecule has 0 aliphatic rings. The van der Waals surface area contributed by atoms with E-state index in [0.717, 1.165) is 72.2 Å². The SMILES string of the molecule is c1ccc(-c2nc(-c3cccc(-c4cccc(-c5nc6ccccc6o5)c4)c3)nc3c4ccccc4n(-c4ccccc4)c23)cc1. The minimum Gasteiger partial charge on any atom is -0.436 e. The molecule has 3 aromatic heterocycles. The minimum atomic E-state index is 0.607. The van der Waals surface area contributed by atoms with Gasteiger partial charge in [0.05, 0.1) is 16.7 Å². The highest BCUT2D eigenvalue weighted by Crippen LogP contribution is 2.38. The van der Waals surface area contributed by atoms with Gasteiger partial charge in [0.1, 0.15) is 11.0 Å². The van der Waals surface area contributed by atoms with Crippen molar-refractivity contribution in [2.45, 2.75) is 0 Å². The molecule has 6 aromatic carbocycles. The Labute approximate surface area is 265 Å². The Morgan fingerprint density at radius 1 is 0.478 bits per heavy atom. The van der Waals surface area contributed by atoms with E-state index in [2.05, 4.69) is 114 Å². The highest BCUT2D eigenvalue weighted by molar-refractivity contribution is 6.11. The van der Waals surface area contributed by atoms with Crippen molar-refractivity contribution in [2.24, 2.45) is 0 Å². The Hall–Kier alpha value is -6.33. The number of hydrogen-bond acceptors (Lipinski definition) is 4. The summed E-state index contributed by atoms with van der Waals surface area (Å²) in [5, 5.41) is 1.09. The molecule has 216 valence electrons. The van der Waals surface area contributed by atoms with Crippen LogP contribution in [0.4, 0.5) is 0 Å². The Morgan fingerprint density at radius 3 is 1.91 bits per heavy atom. The molecule has 5 nitrogen and oxygen atoms in total. The van der Waals surface area contributed by atoms with Gasteiger partial charge in [-0.2, -0.15) is 0 Å². The van der Waals surface area contributed by atoms with Crippen LogP contribution < -0.4 is 0 Å². The lowest BCUT2D eigenvalue weighted by Crippen LogP contribution is -1.99. The molecular formula is C41H26N4O. The van der Waals surface area contributed by atoms with Crippen molar-refractivity contribution >= 4 is 33.0 Å². The summed E-state index contributed by atoms with van der Waals surface area (Å²) in [6, 6.07) is 53.9. The van der Waals surface area contributed by atoms with Gasteiger partial charge in [-0.1, -0.05) is 109 Å². The number of rotatable bonds is 5. The second kappa shape index (κ2) is 10.7. The number of hydrogen-bond donors (Lipinski definition) is 0. The Balaban J connectivity index is 1.23. The Kier molecular flexibility index (Phi) is 6.06. The van der Waals surface area contributed by atoms with Gasteiger partial charge in [0.25, 0.3) is 0 Å². The summed E-state index contributed by atoms with van der Waals surface area (Å²) in [5.74, 6) is 1.29. The molecule has 0 fully saturated rings. The van der Waals surface area contributed by atoms with Crippen molar-refractivity contribution in [1.82, 2.24) is 19.5 Å². The molecule has 3 heterocycles. The van der Waals surface area contributed by atoms with E-state index < -0.39 is 0 Å². The van der Waals surface area contributed by atoms with E-state index in [1.54, 1.807) is 0 Å². The van der Waals surface area contributed by atoms with Crippen molar-refractivity contribution < 1.29 is 4.42 Å². The molecular weight excluding hydrogens is 564 g/mol. The second-order valence-corrected chi connectivity index (χ2v) is 11.3. The molecule has 0 radical (unpaired) electrons. The summed E-state index contributed by atoms with van der Waals surface area (Å²) in [5.41, 5.74) is 11.6. The molecule has 0 unspecified atom stereocenters. The first-order chi connectivity index (χ1) is 22.8. The van der Waals surface area contributed by atoms with Crippen molar-refractivity contribution in [3.8, 4) is 50.9 Å². The van der Waals surface area contributed by atoms with Crippen LogP contribution in [0.1, 0.15) is 0 Å². The lowest BCUT2D eigenvalue weighted by molar-refractivity contribution is 0.620. The number of benzene rings is 6. The average Bonchev–Trinajstić information content (AvgIpc) is 3.72. The molecule has 5 heteroatoms. The summed E-state index contributed by atoms with van der Waals surface area (Å²) in [4.78, 5) is 15.3. The molecule has 0 atom stereocenters. The zero-order valence-electron chi connectivity index (χ0n) is 24.7. The van der Waals surface area contributed by atoms with E-state index in [9.17, 15) is 0 Å². The summed E-state index contributed by atoms with van der Waals surface area (Å²) in [6.07, 6.45) is 0. The highest BCUT2D eigenvalue weighted by Gasteiger charge is 2.21. The molecule has 0 spiro atoms. The van der Waals surface area contributed by atoms with Gasteiger partial charge < -0.3 is 8.98 Å². The van der Waals surface area contributed by atoms with Crippen molar-refractivity contribution in [3.05, 3.63) is 158 Å². The molecule has 46 heavy (non-hydrogen) atoms. The third kappa shape index (κ3) is 4.37. The van der Waals surface area contributed by atoms with Crippen LogP contribution >= 0.6 is 0 Å². The predicted octanol–water partition coefficient (Wildman–Crippen LogP) is 10.4. The van der Waals surface area contributed by atoms with Crippen molar-refractivity contribution in [2.75, 3.05) is 0 Å². The molecule has 0 aliphatic carbocycles. The number of oxazole rings is 1. The van der Waals surface area contributed by atoms with Gasteiger partial charge in [-0.05, 0) is 59.7 Å². The third-order valence-corrected chi connectivity index (χ3v) is 8.43. The smallest absolute Gasteiger partial charge is 0.227 e. The number of aromatic nitrogens is 4. The first kappa shape index (κ1) is 26.1. The molecule has 0 bridgehead atoms. The first-order valence-corrected chi connectivity index (χ1v) is 15.3. The molecule has 0 N–H and O–H groups in total. The summed E-state index contributed by atoms with van der Waals surface area (Å²) in [7, 11) is 0. The van der Waals surface area contributed by atoms with Gasteiger partial charge in [0.15, 0.2) is 11.4 Å². The first-order valence-electron chi connectivity index (χ1n) is 15.3. The minimum absolute atomic E-state index is 0.607. The quantitative estimate of drug-likeness (QED) is 0.200. The lowest BCUT2D eigenvalue weighted by Gasteiger charge is -2.12. The van der Waals surface area contributed by atoms with E-state index in [1.807, 2.05) is 48.5 Å². The largest absolute Gasteiger partial charge is 0.436 e. The zero-order chi connectivity index (χ0) is 30.5. The zero-order valence-corrected chi connectivity index (χ0v) is 24.7. The molecule has 0 amide bonds.